The highest BCUT2D eigenvalue weighted by Gasteiger charge is 1.92. The van der Waals surface area contributed by atoms with Crippen molar-refractivity contribution < 1.29 is 0 Å². The summed E-state index contributed by atoms with van der Waals surface area (Å²) in [5.74, 6) is 3.05. The van der Waals surface area contributed by atoms with E-state index in [1.54, 1.807) is 11.3 Å². The first-order valence-corrected chi connectivity index (χ1v) is 6.21. The van der Waals surface area contributed by atoms with Crippen molar-refractivity contribution in [1.82, 2.24) is 0 Å². The molecule has 0 fully saturated rings. The van der Waals surface area contributed by atoms with Crippen LogP contribution in [0, 0.1) is 0 Å². The Morgan fingerprint density at radius 2 is 2.36 bits per heavy atom. The van der Waals surface area contributed by atoms with E-state index in [0.29, 0.717) is 0 Å². The van der Waals surface area contributed by atoms with E-state index < -0.39 is 0 Å². The molecule has 3 heteroatoms. The molecule has 0 bridgehead atoms. The van der Waals surface area contributed by atoms with Crippen molar-refractivity contribution >= 4 is 34.7 Å². The van der Waals surface area contributed by atoms with Gasteiger partial charge >= 0.3 is 0 Å². The van der Waals surface area contributed by atoms with Gasteiger partial charge in [0.25, 0.3) is 0 Å². The summed E-state index contributed by atoms with van der Waals surface area (Å²) in [5, 5.41) is 4.34. The molecule has 11 heavy (non-hydrogen) atoms. The van der Waals surface area contributed by atoms with Gasteiger partial charge in [0.05, 0.1) is 0 Å². The second-order valence-electron chi connectivity index (χ2n) is 2.18. The van der Waals surface area contributed by atoms with Crippen molar-refractivity contribution in [1.29, 1.82) is 0 Å². The molecule has 0 unspecified atom stereocenters. The van der Waals surface area contributed by atoms with Crippen LogP contribution in [0.5, 0.6) is 0 Å². The second kappa shape index (κ2) is 5.92. The SMILES string of the molecule is ClCCSCCc1ccsc1. The molecule has 0 aliphatic heterocycles. The minimum atomic E-state index is 0.772. The maximum Gasteiger partial charge on any atom is 0.0314 e. The molecule has 0 N–H and O–H groups in total. The third-order valence-corrected chi connectivity index (χ3v) is 3.47. The van der Waals surface area contributed by atoms with Crippen molar-refractivity contribution in [3.8, 4) is 0 Å². The topological polar surface area (TPSA) is 0 Å². The number of thioether (sulfide) groups is 1. The Morgan fingerprint density at radius 1 is 1.45 bits per heavy atom. The van der Waals surface area contributed by atoms with Gasteiger partial charge in [-0.2, -0.15) is 23.1 Å². The number of hydrogen-bond acceptors (Lipinski definition) is 2. The minimum Gasteiger partial charge on any atom is -0.160 e. The Hall–Kier alpha value is 0.340. The number of aryl methyl sites for hydroxylation is 1. The fourth-order valence-electron chi connectivity index (χ4n) is 0.782. The molecule has 0 aliphatic carbocycles. The summed E-state index contributed by atoms with van der Waals surface area (Å²) in [5.41, 5.74) is 1.46. The Labute approximate surface area is 81.0 Å². The summed E-state index contributed by atoms with van der Waals surface area (Å²) >= 11 is 9.24. The fraction of sp³-hybridized carbons (Fsp3) is 0.500. The highest BCUT2D eigenvalue weighted by molar-refractivity contribution is 7.99. The summed E-state index contributed by atoms with van der Waals surface area (Å²) in [4.78, 5) is 0. The predicted octanol–water partition coefficient (Wildman–Crippen LogP) is 3.26. The Kier molecular flexibility index (Phi) is 5.08. The highest BCUT2D eigenvalue weighted by atomic mass is 35.5. The van der Waals surface area contributed by atoms with E-state index in [1.807, 2.05) is 11.8 Å². The first-order chi connectivity index (χ1) is 5.43. The molecule has 0 nitrogen and oxygen atoms in total. The van der Waals surface area contributed by atoms with Crippen LogP contribution < -0.4 is 0 Å². The third kappa shape index (κ3) is 4.04. The molecule has 0 aliphatic rings. The largest absolute Gasteiger partial charge is 0.160 e. The first kappa shape index (κ1) is 9.43. The Morgan fingerprint density at radius 3 is 3.00 bits per heavy atom. The molecule has 0 amide bonds. The Bertz CT molecular complexity index is 172. The van der Waals surface area contributed by atoms with Crippen LogP contribution >= 0.6 is 34.7 Å². The van der Waals surface area contributed by atoms with Gasteiger partial charge in [-0.1, -0.05) is 0 Å². The monoisotopic (exact) mass is 206 g/mol. The number of alkyl halides is 1. The summed E-state index contributed by atoms with van der Waals surface area (Å²) < 4.78 is 0. The smallest absolute Gasteiger partial charge is 0.0314 e. The standard InChI is InChI=1S/C8H11ClS2/c9-3-6-10-4-1-8-2-5-11-7-8/h2,5,7H,1,3-4,6H2. The van der Waals surface area contributed by atoms with Crippen molar-refractivity contribution in [2.75, 3.05) is 17.4 Å². The first-order valence-electron chi connectivity index (χ1n) is 3.58. The average Bonchev–Trinajstić information content (AvgIpc) is 2.50. The lowest BCUT2D eigenvalue weighted by molar-refractivity contribution is 1.17. The van der Waals surface area contributed by atoms with Gasteiger partial charge in [0.15, 0.2) is 0 Å². The van der Waals surface area contributed by atoms with Gasteiger partial charge in [0, 0.05) is 11.6 Å². The van der Waals surface area contributed by atoms with Crippen LogP contribution in [0.1, 0.15) is 5.56 Å². The predicted molar refractivity (Wildman–Crippen MR) is 56.1 cm³/mol. The molecule has 0 saturated carbocycles. The minimum absolute atomic E-state index is 0.772. The van der Waals surface area contributed by atoms with E-state index in [9.17, 15) is 0 Å². The van der Waals surface area contributed by atoms with Crippen LogP contribution in [0.3, 0.4) is 0 Å². The van der Waals surface area contributed by atoms with Crippen molar-refractivity contribution in [2.24, 2.45) is 0 Å². The lowest BCUT2D eigenvalue weighted by atomic mass is 10.3. The van der Waals surface area contributed by atoms with Gasteiger partial charge in [-0.05, 0) is 34.6 Å². The third-order valence-electron chi connectivity index (χ3n) is 1.34. The maximum absolute atomic E-state index is 5.54. The zero-order valence-electron chi connectivity index (χ0n) is 6.25. The van der Waals surface area contributed by atoms with E-state index in [4.69, 9.17) is 11.6 Å². The second-order valence-corrected chi connectivity index (χ2v) is 4.57. The van der Waals surface area contributed by atoms with E-state index >= 15 is 0 Å². The normalized spacial score (nSPS) is 10.3. The molecule has 1 aromatic rings. The van der Waals surface area contributed by atoms with Crippen LogP contribution in [0.25, 0.3) is 0 Å². The summed E-state index contributed by atoms with van der Waals surface area (Å²) in [6.07, 6.45) is 1.19. The summed E-state index contributed by atoms with van der Waals surface area (Å²) in [7, 11) is 0. The summed E-state index contributed by atoms with van der Waals surface area (Å²) in [6, 6.07) is 2.19. The molecule has 0 radical (unpaired) electrons. The lowest BCUT2D eigenvalue weighted by Crippen LogP contribution is -1.88. The highest BCUT2D eigenvalue weighted by Crippen LogP contribution is 2.10. The van der Waals surface area contributed by atoms with Gasteiger partial charge in [-0.3, -0.25) is 0 Å². The van der Waals surface area contributed by atoms with Gasteiger partial charge in [0.2, 0.25) is 0 Å². The fourth-order valence-corrected chi connectivity index (χ4v) is 2.51. The average molecular weight is 207 g/mol. The lowest BCUT2D eigenvalue weighted by Gasteiger charge is -1.95. The zero-order chi connectivity index (χ0) is 7.94. The van der Waals surface area contributed by atoms with Crippen LogP contribution in [-0.2, 0) is 6.42 Å². The van der Waals surface area contributed by atoms with Crippen molar-refractivity contribution in [3.05, 3.63) is 22.4 Å². The molecular weight excluding hydrogens is 196 g/mol. The van der Waals surface area contributed by atoms with Gasteiger partial charge in [-0.25, -0.2) is 0 Å². The van der Waals surface area contributed by atoms with Crippen molar-refractivity contribution in [3.63, 3.8) is 0 Å². The van der Waals surface area contributed by atoms with Crippen LogP contribution in [0.15, 0.2) is 16.8 Å². The molecule has 62 valence electrons. The summed E-state index contributed by atoms with van der Waals surface area (Å²) in [6.45, 7) is 0. The van der Waals surface area contributed by atoms with Crippen LogP contribution in [0.4, 0.5) is 0 Å². The zero-order valence-corrected chi connectivity index (χ0v) is 8.64. The molecule has 1 rings (SSSR count). The number of thiophene rings is 1. The van der Waals surface area contributed by atoms with Crippen LogP contribution in [0.2, 0.25) is 0 Å². The van der Waals surface area contributed by atoms with Gasteiger partial charge < -0.3 is 0 Å². The van der Waals surface area contributed by atoms with E-state index in [0.717, 1.165) is 11.6 Å². The number of rotatable bonds is 5. The number of hydrogen-bond donors (Lipinski definition) is 0. The molecule has 1 aromatic heterocycles. The van der Waals surface area contributed by atoms with Gasteiger partial charge in [-0.15, -0.1) is 11.6 Å². The molecule has 0 atom stereocenters. The maximum atomic E-state index is 5.54. The van der Waals surface area contributed by atoms with E-state index in [2.05, 4.69) is 16.8 Å². The molecule has 0 saturated heterocycles. The Balaban J connectivity index is 2.04. The van der Waals surface area contributed by atoms with E-state index in [-0.39, 0.29) is 0 Å². The van der Waals surface area contributed by atoms with E-state index in [1.165, 1.54) is 17.7 Å². The molecule has 0 spiro atoms. The molecule has 1 heterocycles. The molecule has 0 aromatic carbocycles. The van der Waals surface area contributed by atoms with Crippen LogP contribution in [-0.4, -0.2) is 17.4 Å². The van der Waals surface area contributed by atoms with Gasteiger partial charge in [0.1, 0.15) is 0 Å². The molecular formula is C8H11ClS2. The number of halogens is 1. The quantitative estimate of drug-likeness (QED) is 0.527. The van der Waals surface area contributed by atoms with Crippen molar-refractivity contribution in [2.45, 2.75) is 6.42 Å².